The average Bonchev–Trinajstić information content (AvgIpc) is 1.63. The predicted molar refractivity (Wildman–Crippen MR) is 51.8 cm³/mol. The van der Waals surface area contributed by atoms with E-state index in [2.05, 4.69) is 0 Å². The zero-order valence-corrected chi connectivity index (χ0v) is 8.96. The Labute approximate surface area is 80.4 Å². The van der Waals surface area contributed by atoms with E-state index in [0.29, 0.717) is 5.57 Å². The highest BCUT2D eigenvalue weighted by atomic mass is 127. The molecule has 50 valence electrons. The van der Waals surface area contributed by atoms with Gasteiger partial charge in [0.2, 0.25) is 7.58 Å². The lowest BCUT2D eigenvalue weighted by Crippen LogP contribution is -1.88. The van der Waals surface area contributed by atoms with Crippen molar-refractivity contribution in [2.24, 2.45) is 0 Å². The third-order valence-corrected chi connectivity index (χ3v) is 1.80. The molecule has 0 bridgehead atoms. The minimum Gasteiger partial charge on any atom is -0.283 e. The van der Waals surface area contributed by atoms with Crippen molar-refractivity contribution >= 4 is 52.8 Å². The fraction of sp³-hybridized carbons (Fsp3) is 0.200. The van der Waals surface area contributed by atoms with Crippen LogP contribution >= 0.6 is 45.2 Å². The van der Waals surface area contributed by atoms with Crippen molar-refractivity contribution < 1.29 is 9.59 Å². The van der Waals surface area contributed by atoms with E-state index < -0.39 is 0 Å². The molecule has 0 aromatic carbocycles. The fourth-order valence-corrected chi connectivity index (χ4v) is 0.850. The maximum Gasteiger partial charge on any atom is 0.218 e. The molecule has 0 saturated carbocycles. The molecule has 0 unspecified atom stereocenters. The van der Waals surface area contributed by atoms with Crippen molar-refractivity contribution in [3.63, 3.8) is 0 Å². The maximum atomic E-state index is 10.4. The van der Waals surface area contributed by atoms with Crippen LogP contribution in [-0.4, -0.2) is 7.58 Å². The SMILES string of the molecule is CC(=CC(=O)I)C(=O)I. The molecule has 0 rings (SSSR count). The summed E-state index contributed by atoms with van der Waals surface area (Å²) in [6, 6.07) is 0. The molecule has 0 aliphatic carbocycles. The molecule has 9 heavy (non-hydrogen) atoms. The summed E-state index contributed by atoms with van der Waals surface area (Å²) in [5.41, 5.74) is 0.495. The Hall–Kier alpha value is 0.540. The van der Waals surface area contributed by atoms with E-state index in [-0.39, 0.29) is 7.58 Å². The van der Waals surface area contributed by atoms with E-state index in [1.165, 1.54) is 6.08 Å². The van der Waals surface area contributed by atoms with Gasteiger partial charge in [0.1, 0.15) is 0 Å². The second kappa shape index (κ2) is 4.37. The number of rotatable bonds is 2. The van der Waals surface area contributed by atoms with Gasteiger partial charge in [-0.3, -0.25) is 9.59 Å². The molecule has 0 fully saturated rings. The summed E-state index contributed by atoms with van der Waals surface area (Å²) < 4.78 is -0.201. The van der Waals surface area contributed by atoms with Gasteiger partial charge in [-0.1, -0.05) is 0 Å². The molecule has 0 heterocycles. The van der Waals surface area contributed by atoms with E-state index in [1.807, 2.05) is 0 Å². The van der Waals surface area contributed by atoms with Crippen molar-refractivity contribution in [3.05, 3.63) is 11.6 Å². The van der Waals surface area contributed by atoms with Crippen LogP contribution in [0.5, 0.6) is 0 Å². The third-order valence-electron chi connectivity index (χ3n) is 0.640. The highest BCUT2D eigenvalue weighted by Crippen LogP contribution is 2.02. The summed E-state index contributed by atoms with van der Waals surface area (Å²) >= 11 is 3.26. The largest absolute Gasteiger partial charge is 0.283 e. The molecule has 0 spiro atoms. The first-order valence-electron chi connectivity index (χ1n) is 2.11. The van der Waals surface area contributed by atoms with Crippen LogP contribution in [0.1, 0.15) is 6.92 Å². The molecule has 0 radical (unpaired) electrons. The summed E-state index contributed by atoms with van der Waals surface area (Å²) in [6.45, 7) is 1.62. The second-order valence-electron chi connectivity index (χ2n) is 1.41. The fourth-order valence-electron chi connectivity index (χ4n) is 0.227. The molecular weight excluding hydrogens is 346 g/mol. The summed E-state index contributed by atoms with van der Waals surface area (Å²) in [7, 11) is 0. The monoisotopic (exact) mass is 350 g/mol. The zero-order valence-electron chi connectivity index (χ0n) is 4.65. The third kappa shape index (κ3) is 5.01. The maximum absolute atomic E-state index is 10.4. The molecule has 0 amide bonds. The number of hydrogen-bond acceptors (Lipinski definition) is 2. The first-order valence-corrected chi connectivity index (χ1v) is 4.27. The summed E-state index contributed by atoms with van der Waals surface area (Å²) in [5, 5.41) is 0. The molecule has 4 heteroatoms. The summed E-state index contributed by atoms with van der Waals surface area (Å²) in [4.78, 5) is 20.8. The van der Waals surface area contributed by atoms with Crippen molar-refractivity contribution in [2.45, 2.75) is 6.92 Å². The van der Waals surface area contributed by atoms with Gasteiger partial charge in [0.25, 0.3) is 0 Å². The zero-order chi connectivity index (χ0) is 7.44. The van der Waals surface area contributed by atoms with E-state index in [9.17, 15) is 9.59 Å². The highest BCUT2D eigenvalue weighted by Gasteiger charge is 1.98. The van der Waals surface area contributed by atoms with Gasteiger partial charge in [0.05, 0.1) is 0 Å². The predicted octanol–water partition coefficient (Wildman–Crippen LogP) is 1.86. The van der Waals surface area contributed by atoms with Crippen LogP contribution in [0.3, 0.4) is 0 Å². The molecular formula is C5H4I2O2. The van der Waals surface area contributed by atoms with Crippen molar-refractivity contribution in [2.75, 3.05) is 0 Å². The van der Waals surface area contributed by atoms with Crippen molar-refractivity contribution in [1.82, 2.24) is 0 Å². The van der Waals surface area contributed by atoms with Crippen LogP contribution in [0.25, 0.3) is 0 Å². The highest BCUT2D eigenvalue weighted by molar-refractivity contribution is 14.1. The number of halogens is 2. The number of allylic oxidation sites excluding steroid dienone is 2. The lowest BCUT2D eigenvalue weighted by Gasteiger charge is -1.85. The molecule has 0 aliphatic rings. The average molecular weight is 350 g/mol. The quantitative estimate of drug-likeness (QED) is 0.433. The Morgan fingerprint density at radius 3 is 1.89 bits per heavy atom. The van der Waals surface area contributed by atoms with Gasteiger partial charge in [-0.05, 0) is 13.0 Å². The Bertz CT molecular complexity index is 172. The van der Waals surface area contributed by atoms with Gasteiger partial charge in [0.15, 0.2) is 0 Å². The molecule has 0 N–H and O–H groups in total. The van der Waals surface area contributed by atoms with Gasteiger partial charge < -0.3 is 0 Å². The van der Waals surface area contributed by atoms with E-state index >= 15 is 0 Å². The van der Waals surface area contributed by atoms with Gasteiger partial charge in [-0.15, -0.1) is 0 Å². The van der Waals surface area contributed by atoms with Crippen LogP contribution in [0.15, 0.2) is 11.6 Å². The summed E-state index contributed by atoms with van der Waals surface area (Å²) in [6.07, 6.45) is 1.31. The van der Waals surface area contributed by atoms with Crippen LogP contribution < -0.4 is 0 Å². The van der Waals surface area contributed by atoms with Crippen molar-refractivity contribution in [1.29, 1.82) is 0 Å². The summed E-state index contributed by atoms with van der Waals surface area (Å²) in [5.74, 6) is 0. The van der Waals surface area contributed by atoms with Gasteiger partial charge in [-0.25, -0.2) is 0 Å². The molecule has 0 aliphatic heterocycles. The van der Waals surface area contributed by atoms with Crippen LogP contribution in [0.4, 0.5) is 0 Å². The standard InChI is InChI=1S/C5H4I2O2/c1-3(5(7)9)2-4(6)8/h2H,1H3. The topological polar surface area (TPSA) is 34.1 Å². The smallest absolute Gasteiger partial charge is 0.218 e. The Morgan fingerprint density at radius 2 is 1.78 bits per heavy atom. The van der Waals surface area contributed by atoms with Crippen molar-refractivity contribution in [3.8, 4) is 0 Å². The van der Waals surface area contributed by atoms with Crippen LogP contribution in [0, 0.1) is 0 Å². The van der Waals surface area contributed by atoms with E-state index in [1.54, 1.807) is 52.1 Å². The molecule has 2 nitrogen and oxygen atoms in total. The number of carbonyl (C=O) groups is 2. The minimum atomic E-state index is -0.116. The first kappa shape index (κ1) is 9.54. The molecule has 0 saturated heterocycles. The van der Waals surface area contributed by atoms with E-state index in [0.717, 1.165) is 0 Å². The van der Waals surface area contributed by atoms with Gasteiger partial charge >= 0.3 is 0 Å². The molecule has 0 atom stereocenters. The number of carbonyl (C=O) groups excluding carboxylic acids is 2. The second-order valence-corrected chi connectivity index (χ2v) is 3.45. The molecule has 0 aromatic heterocycles. The Kier molecular flexibility index (Phi) is 4.63. The van der Waals surface area contributed by atoms with Crippen LogP contribution in [0.2, 0.25) is 0 Å². The normalized spacial score (nSPS) is 11.2. The van der Waals surface area contributed by atoms with Gasteiger partial charge in [0, 0.05) is 50.8 Å². The van der Waals surface area contributed by atoms with Gasteiger partial charge in [-0.2, -0.15) is 0 Å². The van der Waals surface area contributed by atoms with E-state index in [4.69, 9.17) is 0 Å². The minimum absolute atomic E-state index is 0.0855. The molecule has 0 aromatic rings. The lowest BCUT2D eigenvalue weighted by molar-refractivity contribution is -0.108. The Morgan fingerprint density at radius 1 is 1.33 bits per heavy atom. The first-order chi connectivity index (χ1) is 4.04. The Balaban J connectivity index is 4.17. The van der Waals surface area contributed by atoms with Crippen LogP contribution in [-0.2, 0) is 9.59 Å². The lowest BCUT2D eigenvalue weighted by atomic mass is 10.3. The number of hydrogen-bond donors (Lipinski definition) is 0.